The molecule has 0 bridgehead atoms. The minimum Gasteiger partial charge on any atom is -0.351 e. The fraction of sp³-hybridized carbons (Fsp3) is 0.467. The van der Waals surface area contributed by atoms with Crippen LogP contribution in [-0.4, -0.2) is 32.2 Å². The summed E-state index contributed by atoms with van der Waals surface area (Å²) in [7, 11) is 0. The van der Waals surface area contributed by atoms with Gasteiger partial charge in [0.05, 0.1) is 6.20 Å². The van der Waals surface area contributed by atoms with E-state index in [-0.39, 0.29) is 17.5 Å². The van der Waals surface area contributed by atoms with Crippen LogP contribution in [0.5, 0.6) is 0 Å². The number of aromatic nitrogens is 4. The lowest BCUT2D eigenvalue weighted by atomic mass is 10.2. The standard InChI is InChI=1S/C15H16F3N5O/c16-15(17,18)13-8-12(10-2-3-10)23(22-13)7-1-4-21-14(24)11-9-19-5-6-20-11/h5-6,8-10H,1-4,7H2,(H,21,24). The molecule has 2 heterocycles. The Morgan fingerprint density at radius 1 is 1.33 bits per heavy atom. The predicted molar refractivity (Wildman–Crippen MR) is 78.2 cm³/mol. The van der Waals surface area contributed by atoms with E-state index in [1.165, 1.54) is 23.3 Å². The zero-order valence-corrected chi connectivity index (χ0v) is 12.8. The van der Waals surface area contributed by atoms with Crippen LogP contribution in [0.2, 0.25) is 0 Å². The summed E-state index contributed by atoms with van der Waals surface area (Å²) in [5.74, 6) is -0.190. The molecule has 1 fully saturated rings. The van der Waals surface area contributed by atoms with Crippen molar-refractivity contribution in [2.45, 2.75) is 37.9 Å². The molecule has 0 spiro atoms. The Morgan fingerprint density at radius 2 is 2.12 bits per heavy atom. The number of nitrogens with zero attached hydrogens (tertiary/aromatic N) is 4. The lowest BCUT2D eigenvalue weighted by molar-refractivity contribution is -0.141. The summed E-state index contributed by atoms with van der Waals surface area (Å²) in [6, 6.07) is 1.13. The number of alkyl halides is 3. The molecule has 24 heavy (non-hydrogen) atoms. The highest BCUT2D eigenvalue weighted by molar-refractivity contribution is 5.91. The molecule has 0 saturated heterocycles. The topological polar surface area (TPSA) is 72.7 Å². The lowest BCUT2D eigenvalue weighted by Crippen LogP contribution is -2.26. The number of rotatable bonds is 6. The molecular weight excluding hydrogens is 323 g/mol. The van der Waals surface area contributed by atoms with Gasteiger partial charge in [0.15, 0.2) is 5.69 Å². The Balaban J connectivity index is 1.55. The highest BCUT2D eigenvalue weighted by atomic mass is 19.4. The first kappa shape index (κ1) is 16.4. The van der Waals surface area contributed by atoms with Crippen LogP contribution in [0.1, 0.15) is 47.1 Å². The maximum absolute atomic E-state index is 12.8. The molecular formula is C15H16F3N5O. The first-order chi connectivity index (χ1) is 11.4. The number of hydrogen-bond donors (Lipinski definition) is 1. The Kier molecular flexibility index (Phi) is 4.50. The van der Waals surface area contributed by atoms with E-state index in [0.717, 1.165) is 18.9 Å². The van der Waals surface area contributed by atoms with Gasteiger partial charge in [0, 0.05) is 37.1 Å². The van der Waals surface area contributed by atoms with Crippen LogP contribution >= 0.6 is 0 Å². The molecule has 0 unspecified atom stereocenters. The maximum Gasteiger partial charge on any atom is 0.435 e. The second-order valence-electron chi connectivity index (χ2n) is 5.65. The van der Waals surface area contributed by atoms with Crippen molar-refractivity contribution in [3.8, 4) is 0 Å². The van der Waals surface area contributed by atoms with Crippen molar-refractivity contribution in [3.05, 3.63) is 41.7 Å². The molecule has 2 aromatic rings. The average Bonchev–Trinajstić information content (AvgIpc) is 3.30. The first-order valence-corrected chi connectivity index (χ1v) is 7.64. The molecule has 1 amide bonds. The van der Waals surface area contributed by atoms with Gasteiger partial charge in [-0.1, -0.05) is 0 Å². The normalized spacial score (nSPS) is 14.6. The number of amides is 1. The summed E-state index contributed by atoms with van der Waals surface area (Å²) in [4.78, 5) is 19.5. The van der Waals surface area contributed by atoms with Gasteiger partial charge < -0.3 is 5.32 Å². The van der Waals surface area contributed by atoms with Crippen molar-refractivity contribution in [2.24, 2.45) is 0 Å². The molecule has 6 nitrogen and oxygen atoms in total. The number of halogens is 3. The van der Waals surface area contributed by atoms with E-state index in [9.17, 15) is 18.0 Å². The van der Waals surface area contributed by atoms with E-state index < -0.39 is 11.9 Å². The Morgan fingerprint density at radius 3 is 2.75 bits per heavy atom. The lowest BCUT2D eigenvalue weighted by Gasteiger charge is -2.08. The van der Waals surface area contributed by atoms with Crippen molar-refractivity contribution in [3.63, 3.8) is 0 Å². The Bertz CT molecular complexity index is 710. The number of hydrogen-bond acceptors (Lipinski definition) is 4. The van der Waals surface area contributed by atoms with Crippen LogP contribution in [0.25, 0.3) is 0 Å². The highest BCUT2D eigenvalue weighted by Crippen LogP contribution is 2.42. The van der Waals surface area contributed by atoms with E-state index in [4.69, 9.17) is 0 Å². The summed E-state index contributed by atoms with van der Waals surface area (Å²) in [6.07, 6.45) is 2.06. The maximum atomic E-state index is 12.8. The molecule has 1 saturated carbocycles. The number of carbonyl (C=O) groups excluding carboxylic acids is 1. The minimum absolute atomic E-state index is 0.169. The van der Waals surface area contributed by atoms with Crippen LogP contribution in [-0.2, 0) is 12.7 Å². The van der Waals surface area contributed by atoms with Crippen LogP contribution in [0.4, 0.5) is 13.2 Å². The van der Waals surface area contributed by atoms with Crippen molar-refractivity contribution in [2.75, 3.05) is 6.54 Å². The summed E-state index contributed by atoms with van der Waals surface area (Å²) in [6.45, 7) is 0.642. The second-order valence-corrected chi connectivity index (χ2v) is 5.65. The van der Waals surface area contributed by atoms with Crippen molar-refractivity contribution in [1.82, 2.24) is 25.1 Å². The van der Waals surface area contributed by atoms with Crippen LogP contribution in [0.15, 0.2) is 24.7 Å². The quantitative estimate of drug-likeness (QED) is 0.820. The largest absolute Gasteiger partial charge is 0.435 e. The van der Waals surface area contributed by atoms with E-state index in [2.05, 4.69) is 20.4 Å². The molecule has 0 aliphatic heterocycles. The first-order valence-electron chi connectivity index (χ1n) is 7.64. The van der Waals surface area contributed by atoms with Gasteiger partial charge in [0.25, 0.3) is 5.91 Å². The van der Waals surface area contributed by atoms with Gasteiger partial charge in [-0.2, -0.15) is 18.3 Å². The summed E-state index contributed by atoms with van der Waals surface area (Å²) in [5, 5.41) is 6.34. The van der Waals surface area contributed by atoms with Gasteiger partial charge in [-0.05, 0) is 25.3 Å². The van der Waals surface area contributed by atoms with Gasteiger partial charge in [-0.3, -0.25) is 14.5 Å². The molecule has 1 aliphatic carbocycles. The summed E-state index contributed by atoms with van der Waals surface area (Å²) in [5.41, 5.74) is -0.0230. The number of aryl methyl sites for hydroxylation is 1. The van der Waals surface area contributed by atoms with E-state index in [1.807, 2.05) is 0 Å². The highest BCUT2D eigenvalue weighted by Gasteiger charge is 2.37. The van der Waals surface area contributed by atoms with Gasteiger partial charge in [-0.15, -0.1) is 0 Å². The molecule has 0 aromatic carbocycles. The molecule has 9 heteroatoms. The van der Waals surface area contributed by atoms with Gasteiger partial charge in [0.1, 0.15) is 5.69 Å². The van der Waals surface area contributed by atoms with Crippen molar-refractivity contribution >= 4 is 5.91 Å². The van der Waals surface area contributed by atoms with Crippen LogP contribution in [0, 0.1) is 0 Å². The van der Waals surface area contributed by atoms with E-state index in [0.29, 0.717) is 25.2 Å². The predicted octanol–water partition coefficient (Wildman–Crippen LogP) is 2.39. The fourth-order valence-corrected chi connectivity index (χ4v) is 2.39. The van der Waals surface area contributed by atoms with Crippen LogP contribution in [0.3, 0.4) is 0 Å². The van der Waals surface area contributed by atoms with Crippen LogP contribution < -0.4 is 5.32 Å². The molecule has 0 radical (unpaired) electrons. The van der Waals surface area contributed by atoms with Crippen molar-refractivity contribution in [1.29, 1.82) is 0 Å². The Labute approximate surface area is 136 Å². The summed E-state index contributed by atoms with van der Waals surface area (Å²) >= 11 is 0. The smallest absolute Gasteiger partial charge is 0.351 e. The molecule has 0 atom stereocenters. The monoisotopic (exact) mass is 339 g/mol. The third kappa shape index (κ3) is 3.90. The summed E-state index contributed by atoms with van der Waals surface area (Å²) < 4.78 is 39.8. The second kappa shape index (κ2) is 6.58. The average molecular weight is 339 g/mol. The molecule has 3 rings (SSSR count). The molecule has 1 aliphatic rings. The minimum atomic E-state index is -4.44. The van der Waals surface area contributed by atoms with Gasteiger partial charge in [0.2, 0.25) is 0 Å². The molecule has 2 aromatic heterocycles. The fourth-order valence-electron chi connectivity index (χ4n) is 2.39. The van der Waals surface area contributed by atoms with E-state index >= 15 is 0 Å². The Hall–Kier alpha value is -2.45. The number of nitrogens with one attached hydrogen (secondary N) is 1. The van der Waals surface area contributed by atoms with E-state index in [1.54, 1.807) is 0 Å². The molecule has 128 valence electrons. The SMILES string of the molecule is O=C(NCCCn1nc(C(F)(F)F)cc1C1CC1)c1cnccn1. The zero-order chi connectivity index (χ0) is 17.2. The van der Waals surface area contributed by atoms with Crippen molar-refractivity contribution < 1.29 is 18.0 Å². The van der Waals surface area contributed by atoms with Gasteiger partial charge >= 0.3 is 6.18 Å². The molecule has 1 N–H and O–H groups in total. The zero-order valence-electron chi connectivity index (χ0n) is 12.8. The number of carbonyl (C=O) groups is 1. The third-order valence-corrected chi connectivity index (χ3v) is 3.73. The third-order valence-electron chi connectivity index (χ3n) is 3.73. The van der Waals surface area contributed by atoms with Gasteiger partial charge in [-0.25, -0.2) is 4.98 Å².